The summed E-state index contributed by atoms with van der Waals surface area (Å²) < 4.78 is 5.76. The number of nitrogens with one attached hydrogen (secondary N) is 1. The molecule has 0 radical (unpaired) electrons. The fraction of sp³-hybridized carbons (Fsp3) is 0.462. The standard InChI is InChI=1S/C26H36N2O3/c1-19(2)16-27-25(30)20(3)28(17-21-10-8-7-9-11-21)24(29)18-31-23-14-12-22(13-15-23)26(4,5)6/h7-15,19-20H,16-18H2,1-6H3,(H,27,30)/t20-/m0/s1. The van der Waals surface area contributed by atoms with E-state index in [1.54, 1.807) is 11.8 Å². The van der Waals surface area contributed by atoms with Crippen LogP contribution in [0.2, 0.25) is 0 Å². The minimum absolute atomic E-state index is 0.0552. The molecule has 0 bridgehead atoms. The molecule has 0 spiro atoms. The predicted octanol–water partition coefficient (Wildman–Crippen LogP) is 4.55. The number of rotatable bonds is 9. The summed E-state index contributed by atoms with van der Waals surface area (Å²) in [4.78, 5) is 27.3. The maximum absolute atomic E-state index is 13.1. The smallest absolute Gasteiger partial charge is 0.261 e. The molecule has 0 aromatic heterocycles. The Morgan fingerprint density at radius 1 is 0.968 bits per heavy atom. The Balaban J connectivity index is 2.09. The second-order valence-electron chi connectivity index (χ2n) is 9.39. The van der Waals surface area contributed by atoms with Gasteiger partial charge in [0.25, 0.3) is 5.91 Å². The molecule has 2 rings (SSSR count). The highest BCUT2D eigenvalue weighted by Gasteiger charge is 2.26. The second-order valence-corrected chi connectivity index (χ2v) is 9.39. The van der Waals surface area contributed by atoms with Crippen molar-refractivity contribution in [1.82, 2.24) is 10.2 Å². The van der Waals surface area contributed by atoms with Crippen molar-refractivity contribution in [3.63, 3.8) is 0 Å². The van der Waals surface area contributed by atoms with Crippen LogP contribution in [-0.2, 0) is 21.5 Å². The monoisotopic (exact) mass is 424 g/mol. The zero-order valence-corrected chi connectivity index (χ0v) is 19.6. The number of benzene rings is 2. The lowest BCUT2D eigenvalue weighted by Gasteiger charge is -2.29. The Labute approximate surface area is 186 Å². The number of hydrogen-bond donors (Lipinski definition) is 1. The molecule has 0 heterocycles. The molecular weight excluding hydrogens is 388 g/mol. The van der Waals surface area contributed by atoms with Crippen molar-refractivity contribution >= 4 is 11.8 Å². The van der Waals surface area contributed by atoms with Crippen molar-refractivity contribution in [2.24, 2.45) is 5.92 Å². The van der Waals surface area contributed by atoms with Gasteiger partial charge in [-0.3, -0.25) is 9.59 Å². The summed E-state index contributed by atoms with van der Waals surface area (Å²) in [6, 6.07) is 16.9. The summed E-state index contributed by atoms with van der Waals surface area (Å²) in [6.45, 7) is 13.1. The van der Waals surface area contributed by atoms with Gasteiger partial charge in [-0.2, -0.15) is 0 Å². The summed E-state index contributed by atoms with van der Waals surface area (Å²) in [7, 11) is 0. The van der Waals surface area contributed by atoms with Crippen molar-refractivity contribution in [2.45, 2.75) is 59.5 Å². The van der Waals surface area contributed by atoms with Crippen molar-refractivity contribution in [2.75, 3.05) is 13.2 Å². The van der Waals surface area contributed by atoms with Crippen LogP contribution >= 0.6 is 0 Å². The SMILES string of the molecule is CC(C)CNC(=O)[C@H](C)N(Cc1ccccc1)C(=O)COc1ccc(C(C)(C)C)cc1. The first-order chi connectivity index (χ1) is 14.6. The molecule has 1 N–H and O–H groups in total. The van der Waals surface area contributed by atoms with Crippen LogP contribution in [0, 0.1) is 5.92 Å². The molecule has 0 unspecified atom stereocenters. The highest BCUT2D eigenvalue weighted by molar-refractivity contribution is 5.87. The molecule has 0 aliphatic carbocycles. The first-order valence-corrected chi connectivity index (χ1v) is 10.9. The van der Waals surface area contributed by atoms with E-state index in [2.05, 4.69) is 26.1 Å². The quantitative estimate of drug-likeness (QED) is 0.642. The van der Waals surface area contributed by atoms with E-state index in [0.29, 0.717) is 24.8 Å². The van der Waals surface area contributed by atoms with Crippen LogP contribution in [0.15, 0.2) is 54.6 Å². The molecule has 5 nitrogen and oxygen atoms in total. The normalized spacial score (nSPS) is 12.4. The fourth-order valence-corrected chi connectivity index (χ4v) is 3.09. The van der Waals surface area contributed by atoms with E-state index in [1.807, 2.05) is 68.4 Å². The minimum Gasteiger partial charge on any atom is -0.484 e. The molecule has 0 fully saturated rings. The lowest BCUT2D eigenvalue weighted by atomic mass is 9.87. The summed E-state index contributed by atoms with van der Waals surface area (Å²) in [5.41, 5.74) is 2.22. The molecule has 1 atom stereocenters. The van der Waals surface area contributed by atoms with Crippen molar-refractivity contribution < 1.29 is 14.3 Å². The maximum atomic E-state index is 13.1. The zero-order chi connectivity index (χ0) is 23.0. The number of ether oxygens (including phenoxy) is 1. The van der Waals surface area contributed by atoms with Crippen LogP contribution < -0.4 is 10.1 Å². The van der Waals surface area contributed by atoms with Gasteiger partial charge >= 0.3 is 0 Å². The van der Waals surface area contributed by atoms with E-state index in [0.717, 1.165) is 5.56 Å². The number of carbonyl (C=O) groups is 2. The van der Waals surface area contributed by atoms with Gasteiger partial charge in [-0.15, -0.1) is 0 Å². The number of hydrogen-bond acceptors (Lipinski definition) is 3. The minimum atomic E-state index is -0.599. The van der Waals surface area contributed by atoms with E-state index < -0.39 is 6.04 Å². The molecule has 0 saturated carbocycles. The topological polar surface area (TPSA) is 58.6 Å². The Morgan fingerprint density at radius 2 is 1.58 bits per heavy atom. The predicted molar refractivity (Wildman–Crippen MR) is 125 cm³/mol. The molecule has 168 valence electrons. The molecule has 0 aliphatic heterocycles. The summed E-state index contributed by atoms with van der Waals surface area (Å²) in [6.07, 6.45) is 0. The van der Waals surface area contributed by atoms with Gasteiger partial charge in [0.05, 0.1) is 0 Å². The largest absolute Gasteiger partial charge is 0.484 e. The summed E-state index contributed by atoms with van der Waals surface area (Å²) >= 11 is 0. The van der Waals surface area contributed by atoms with Crippen LogP contribution in [0.3, 0.4) is 0 Å². The Morgan fingerprint density at radius 3 is 2.13 bits per heavy atom. The number of carbonyl (C=O) groups excluding carboxylic acids is 2. The Kier molecular flexibility index (Phi) is 8.66. The van der Waals surface area contributed by atoms with Crippen LogP contribution in [-0.4, -0.2) is 35.9 Å². The van der Waals surface area contributed by atoms with E-state index in [-0.39, 0.29) is 23.8 Å². The lowest BCUT2D eigenvalue weighted by molar-refractivity contribution is -0.142. The Bertz CT molecular complexity index is 839. The van der Waals surface area contributed by atoms with E-state index >= 15 is 0 Å². The third-order valence-electron chi connectivity index (χ3n) is 5.13. The van der Waals surface area contributed by atoms with Gasteiger partial charge in [0, 0.05) is 13.1 Å². The number of amides is 2. The van der Waals surface area contributed by atoms with Crippen LogP contribution in [0.25, 0.3) is 0 Å². The first-order valence-electron chi connectivity index (χ1n) is 10.9. The van der Waals surface area contributed by atoms with Crippen LogP contribution in [0.5, 0.6) is 5.75 Å². The highest BCUT2D eigenvalue weighted by atomic mass is 16.5. The average molecular weight is 425 g/mol. The van der Waals surface area contributed by atoms with Gasteiger partial charge in [-0.25, -0.2) is 0 Å². The van der Waals surface area contributed by atoms with Gasteiger partial charge in [-0.1, -0.05) is 77.1 Å². The van der Waals surface area contributed by atoms with Crippen LogP contribution in [0.1, 0.15) is 52.7 Å². The molecule has 5 heteroatoms. The second kappa shape index (κ2) is 11.0. The summed E-state index contributed by atoms with van der Waals surface area (Å²) in [5, 5.41) is 2.92. The maximum Gasteiger partial charge on any atom is 0.261 e. The lowest BCUT2D eigenvalue weighted by Crippen LogP contribution is -2.49. The van der Waals surface area contributed by atoms with Gasteiger partial charge < -0.3 is 15.0 Å². The average Bonchev–Trinajstić information content (AvgIpc) is 2.74. The molecule has 0 aliphatic rings. The third-order valence-corrected chi connectivity index (χ3v) is 5.13. The van der Waals surface area contributed by atoms with Gasteiger partial charge in [0.2, 0.25) is 5.91 Å². The molecule has 31 heavy (non-hydrogen) atoms. The van der Waals surface area contributed by atoms with Gasteiger partial charge in [0.1, 0.15) is 11.8 Å². The highest BCUT2D eigenvalue weighted by Crippen LogP contribution is 2.24. The molecule has 0 saturated heterocycles. The summed E-state index contributed by atoms with van der Waals surface area (Å²) in [5.74, 6) is 0.593. The van der Waals surface area contributed by atoms with Crippen LogP contribution in [0.4, 0.5) is 0 Å². The van der Waals surface area contributed by atoms with Crippen molar-refractivity contribution in [3.05, 3.63) is 65.7 Å². The molecule has 2 amide bonds. The van der Waals surface area contributed by atoms with E-state index in [9.17, 15) is 9.59 Å². The molecule has 2 aromatic rings. The fourth-order valence-electron chi connectivity index (χ4n) is 3.09. The zero-order valence-electron chi connectivity index (χ0n) is 19.6. The van der Waals surface area contributed by atoms with Crippen molar-refractivity contribution in [3.8, 4) is 5.75 Å². The first kappa shape index (κ1) is 24.4. The Hall–Kier alpha value is -2.82. The third kappa shape index (κ3) is 7.74. The van der Waals surface area contributed by atoms with Gasteiger partial charge in [-0.05, 0) is 41.5 Å². The molecular formula is C26H36N2O3. The number of nitrogens with zero attached hydrogens (tertiary/aromatic N) is 1. The van der Waals surface area contributed by atoms with E-state index in [4.69, 9.17) is 4.74 Å². The van der Waals surface area contributed by atoms with E-state index in [1.165, 1.54) is 5.56 Å². The van der Waals surface area contributed by atoms with Gasteiger partial charge in [0.15, 0.2) is 6.61 Å². The molecule has 2 aromatic carbocycles. The van der Waals surface area contributed by atoms with Crippen molar-refractivity contribution in [1.29, 1.82) is 0 Å².